The van der Waals surface area contributed by atoms with Crippen LogP contribution in [0.4, 0.5) is 0 Å². The molecule has 4 rings (SSSR count). The van der Waals surface area contributed by atoms with Crippen molar-refractivity contribution in [3.05, 3.63) is 60.3 Å². The lowest BCUT2D eigenvalue weighted by Crippen LogP contribution is -2.22. The van der Waals surface area contributed by atoms with Crippen molar-refractivity contribution in [1.29, 1.82) is 5.41 Å². The molecule has 2 aromatic heterocycles. The van der Waals surface area contributed by atoms with E-state index in [1.54, 1.807) is 18.8 Å². The molecule has 0 fully saturated rings. The molecule has 4 aromatic rings. The highest BCUT2D eigenvalue weighted by Crippen LogP contribution is 2.39. The molecule has 2 aromatic carbocycles. The first-order valence-electron chi connectivity index (χ1n) is 9.12. The van der Waals surface area contributed by atoms with Gasteiger partial charge in [0.2, 0.25) is 5.71 Å². The van der Waals surface area contributed by atoms with Crippen LogP contribution in [-0.2, 0) is 6.54 Å². The van der Waals surface area contributed by atoms with E-state index >= 15 is 0 Å². The Morgan fingerprint density at radius 2 is 1.55 bits per heavy atom. The summed E-state index contributed by atoms with van der Waals surface area (Å²) in [6.45, 7) is 0.206. The monoisotopic (exact) mass is 391 g/mol. The van der Waals surface area contributed by atoms with Crippen LogP contribution in [0.2, 0.25) is 0 Å². The van der Waals surface area contributed by atoms with Crippen LogP contribution in [0.5, 0.6) is 11.5 Å². The first kappa shape index (κ1) is 18.8. The van der Waals surface area contributed by atoms with Crippen molar-refractivity contribution >= 4 is 11.1 Å². The number of hydrogen-bond donors (Lipinski definition) is 2. The molecule has 148 valence electrons. The lowest BCUT2D eigenvalue weighted by molar-refractivity contribution is 0.273. The molecule has 7 nitrogen and oxygen atoms in total. The molecular formula is C22H21N3O4. The van der Waals surface area contributed by atoms with Crippen LogP contribution in [-0.4, -0.2) is 35.5 Å². The molecule has 29 heavy (non-hydrogen) atoms. The predicted octanol–water partition coefficient (Wildman–Crippen LogP) is 3.45. The smallest absolute Gasteiger partial charge is 0.232 e. The van der Waals surface area contributed by atoms with Crippen LogP contribution < -0.4 is 15.0 Å². The molecule has 0 aliphatic heterocycles. The fraction of sp³-hybridized carbons (Fsp3) is 0.182. The summed E-state index contributed by atoms with van der Waals surface area (Å²) in [7, 11) is 3.24. The van der Waals surface area contributed by atoms with Gasteiger partial charge in [0.25, 0.3) is 0 Å². The summed E-state index contributed by atoms with van der Waals surface area (Å²) in [6.07, 6.45) is 1.51. The molecule has 2 N–H and O–H groups in total. The topological polar surface area (TPSA) is 93.5 Å². The average Bonchev–Trinajstić information content (AvgIpc) is 3.16. The summed E-state index contributed by atoms with van der Waals surface area (Å²) in [5.74, 6) is 2.11. The van der Waals surface area contributed by atoms with Crippen LogP contribution >= 0.6 is 0 Å². The minimum atomic E-state index is -0.0786. The molecule has 0 amide bonds. The second-order valence-corrected chi connectivity index (χ2v) is 6.45. The Kier molecular flexibility index (Phi) is 5.05. The number of rotatable bonds is 6. The Morgan fingerprint density at radius 1 is 0.966 bits per heavy atom. The summed E-state index contributed by atoms with van der Waals surface area (Å²) in [5, 5.41) is 18.6. The number of aliphatic hydroxyl groups is 1. The molecule has 2 heterocycles. The highest BCUT2D eigenvalue weighted by atomic mass is 16.5. The number of fused-ring (bicyclic) bond motifs is 1. The molecule has 0 spiro atoms. The zero-order chi connectivity index (χ0) is 20.4. The lowest BCUT2D eigenvalue weighted by atomic mass is 9.99. The fourth-order valence-corrected chi connectivity index (χ4v) is 3.31. The van der Waals surface area contributed by atoms with Gasteiger partial charge in [0, 0.05) is 17.7 Å². The Morgan fingerprint density at radius 3 is 2.10 bits per heavy atom. The van der Waals surface area contributed by atoms with Gasteiger partial charge >= 0.3 is 0 Å². The quantitative estimate of drug-likeness (QED) is 0.525. The predicted molar refractivity (Wildman–Crippen MR) is 109 cm³/mol. The number of aliphatic hydroxyl groups excluding tert-OH is 1. The van der Waals surface area contributed by atoms with Gasteiger partial charge in [-0.3, -0.25) is 5.41 Å². The normalized spacial score (nSPS) is 11.0. The van der Waals surface area contributed by atoms with Gasteiger partial charge in [0.15, 0.2) is 0 Å². The van der Waals surface area contributed by atoms with Gasteiger partial charge in [0.1, 0.15) is 29.1 Å². The number of ether oxygens (including phenoxy) is 2. The summed E-state index contributed by atoms with van der Waals surface area (Å²) < 4.78 is 18.2. The zero-order valence-corrected chi connectivity index (χ0v) is 16.2. The number of furan rings is 1. The van der Waals surface area contributed by atoms with Gasteiger partial charge in [-0.25, -0.2) is 4.98 Å². The van der Waals surface area contributed by atoms with Crippen molar-refractivity contribution in [2.24, 2.45) is 0 Å². The van der Waals surface area contributed by atoms with Crippen molar-refractivity contribution in [3.63, 3.8) is 0 Å². The van der Waals surface area contributed by atoms with Crippen LogP contribution in [0.15, 0.2) is 59.3 Å². The Bertz CT molecular complexity index is 1190. The Hall–Kier alpha value is -3.58. The molecule has 0 aliphatic carbocycles. The number of benzene rings is 2. The lowest BCUT2D eigenvalue weighted by Gasteiger charge is -2.07. The largest absolute Gasteiger partial charge is 0.497 e. The minimum Gasteiger partial charge on any atom is -0.497 e. The average molecular weight is 391 g/mol. The fourth-order valence-electron chi connectivity index (χ4n) is 3.31. The number of nitrogens with zero attached hydrogens (tertiary/aromatic N) is 2. The standard InChI is InChI=1S/C22H21N3O4/c1-27-16-7-3-14(4-8-16)18-19-21(23)25(11-12-26)13-24-22(19)29-20(18)15-5-9-17(28-2)10-6-15/h3-10,13,23,26H,11-12H2,1-2H3. The second-order valence-electron chi connectivity index (χ2n) is 6.45. The van der Waals surface area contributed by atoms with Crippen molar-refractivity contribution in [1.82, 2.24) is 9.55 Å². The molecular weight excluding hydrogens is 370 g/mol. The second kappa shape index (κ2) is 7.81. The van der Waals surface area contributed by atoms with Crippen molar-refractivity contribution in [2.75, 3.05) is 20.8 Å². The van der Waals surface area contributed by atoms with E-state index in [-0.39, 0.29) is 18.6 Å². The zero-order valence-electron chi connectivity index (χ0n) is 16.2. The van der Waals surface area contributed by atoms with E-state index in [0.29, 0.717) is 16.9 Å². The molecule has 0 saturated carbocycles. The van der Waals surface area contributed by atoms with Gasteiger partial charge in [-0.15, -0.1) is 0 Å². The third kappa shape index (κ3) is 3.36. The Labute approximate surface area is 167 Å². The molecule has 0 aliphatic rings. The molecule has 0 unspecified atom stereocenters. The van der Waals surface area contributed by atoms with E-state index in [2.05, 4.69) is 4.98 Å². The van der Waals surface area contributed by atoms with Crippen molar-refractivity contribution in [2.45, 2.75) is 6.54 Å². The van der Waals surface area contributed by atoms with Crippen LogP contribution in [0.1, 0.15) is 0 Å². The van der Waals surface area contributed by atoms with Gasteiger partial charge in [-0.2, -0.15) is 0 Å². The summed E-state index contributed by atoms with van der Waals surface area (Å²) in [6, 6.07) is 15.1. The molecule has 0 bridgehead atoms. The first-order chi connectivity index (χ1) is 14.2. The highest BCUT2D eigenvalue weighted by molar-refractivity contribution is 5.99. The maximum absolute atomic E-state index is 9.31. The van der Waals surface area contributed by atoms with Crippen LogP contribution in [0, 0.1) is 5.41 Å². The summed E-state index contributed by atoms with van der Waals surface area (Å²) >= 11 is 0. The summed E-state index contributed by atoms with van der Waals surface area (Å²) in [4.78, 5) is 4.38. The third-order valence-corrected chi connectivity index (χ3v) is 4.80. The van der Waals surface area contributed by atoms with E-state index in [9.17, 15) is 5.11 Å². The Balaban J connectivity index is 2.00. The van der Waals surface area contributed by atoms with E-state index < -0.39 is 0 Å². The van der Waals surface area contributed by atoms with E-state index in [4.69, 9.17) is 19.3 Å². The highest BCUT2D eigenvalue weighted by Gasteiger charge is 2.21. The number of nitrogens with one attached hydrogen (secondary N) is 1. The van der Waals surface area contributed by atoms with Gasteiger partial charge in [-0.05, 0) is 42.0 Å². The number of methoxy groups -OCH3 is 2. The van der Waals surface area contributed by atoms with E-state index in [1.165, 1.54) is 6.33 Å². The maximum Gasteiger partial charge on any atom is 0.232 e. The van der Waals surface area contributed by atoms with Gasteiger partial charge < -0.3 is 23.6 Å². The SMILES string of the molecule is COc1ccc(-c2oc3ncn(CCO)c(=N)c3c2-c2ccc(OC)cc2)cc1. The minimum absolute atomic E-state index is 0.0786. The van der Waals surface area contributed by atoms with Gasteiger partial charge in [0.05, 0.1) is 26.2 Å². The van der Waals surface area contributed by atoms with Crippen molar-refractivity contribution < 1.29 is 19.0 Å². The number of aromatic nitrogens is 2. The van der Waals surface area contributed by atoms with Gasteiger partial charge in [-0.1, -0.05) is 12.1 Å². The molecule has 0 atom stereocenters. The maximum atomic E-state index is 9.31. The molecule has 0 radical (unpaired) electrons. The summed E-state index contributed by atoms with van der Waals surface area (Å²) in [5.41, 5.74) is 3.12. The number of hydrogen-bond acceptors (Lipinski definition) is 6. The van der Waals surface area contributed by atoms with Crippen molar-refractivity contribution in [3.8, 4) is 33.9 Å². The molecule has 0 saturated heterocycles. The first-order valence-corrected chi connectivity index (χ1v) is 9.12. The van der Waals surface area contributed by atoms with E-state index in [0.717, 1.165) is 28.2 Å². The third-order valence-electron chi connectivity index (χ3n) is 4.80. The molecule has 7 heteroatoms. The van der Waals surface area contributed by atoms with E-state index in [1.807, 2.05) is 48.5 Å². The van der Waals surface area contributed by atoms with Crippen LogP contribution in [0.3, 0.4) is 0 Å². The van der Waals surface area contributed by atoms with Crippen LogP contribution in [0.25, 0.3) is 33.6 Å².